The van der Waals surface area contributed by atoms with Crippen LogP contribution in [0.2, 0.25) is 0 Å². The molecule has 0 spiro atoms. The van der Waals surface area contributed by atoms with Gasteiger partial charge < -0.3 is 23.1 Å². The molecule has 0 amide bonds. The third-order valence-corrected chi connectivity index (χ3v) is 18.0. The summed E-state index contributed by atoms with van der Waals surface area (Å²) in [6, 6.07) is 83.9. The summed E-state index contributed by atoms with van der Waals surface area (Å²) in [7, 11) is 0. The van der Waals surface area contributed by atoms with Crippen LogP contribution in [-0.4, -0.2) is 0 Å². The molecule has 81 heavy (non-hydrogen) atoms. The molecule has 2 fully saturated rings. The molecule has 0 saturated heterocycles. The van der Waals surface area contributed by atoms with Crippen LogP contribution >= 0.6 is 0 Å². The molecule has 14 aromatic rings. The molecule has 0 unspecified atom stereocenters. The third kappa shape index (κ3) is 7.96. The fourth-order valence-electron chi connectivity index (χ4n) is 14.2. The lowest BCUT2D eigenvalue weighted by atomic mass is 9.83. The molecule has 16 rings (SSSR count). The van der Waals surface area contributed by atoms with E-state index in [4.69, 9.17) is 13.3 Å². The van der Waals surface area contributed by atoms with Crippen molar-refractivity contribution < 1.29 is 13.3 Å². The molecule has 2 aliphatic rings. The molecular weight excluding hydrogens is 989 g/mol. The Labute approximate surface area is 471 Å². The van der Waals surface area contributed by atoms with E-state index in [1.54, 1.807) is 0 Å². The van der Waals surface area contributed by atoms with Crippen LogP contribution in [0.1, 0.15) is 87.2 Å². The van der Waals surface area contributed by atoms with Crippen molar-refractivity contribution in [3.8, 4) is 22.3 Å². The van der Waals surface area contributed by atoms with E-state index >= 15 is 0 Å². The second-order valence-electron chi connectivity index (χ2n) is 22.7. The van der Waals surface area contributed by atoms with Gasteiger partial charge in [0.1, 0.15) is 16.7 Å². The zero-order valence-corrected chi connectivity index (χ0v) is 45.3. The lowest BCUT2D eigenvalue weighted by Crippen LogP contribution is -2.14. The van der Waals surface area contributed by atoms with Crippen LogP contribution in [0.3, 0.4) is 0 Å². The van der Waals surface area contributed by atoms with Gasteiger partial charge in [0.15, 0.2) is 16.7 Å². The molecule has 11 aromatic carbocycles. The SMILES string of the molecule is c1ccc(-c2ccc(N(c3cccc4c3oc3c(C5CCCCC5)cccc34)c3c4ccccc4c(N(c4ccc(-c5ccccc5)cc4)c4cccc5c4oc4c(C6CCCCC6)cccc45)c4c3oc3ccccc34)cc2)cc1. The standard InChI is InChI=1S/C76H60N2O3/c1-5-21-49(22-6-1)51-41-45-55(46-42-51)77(66-38-19-36-63-61-34-17-32-57(72(61)80-74(63)66)53-25-9-3-10-26-53)70-59-29-13-14-30-60(59)71(76-69(70)65-31-15-16-40-68(65)79-76)78(56-47-43-52(44-48-56)50-23-7-2-8-24-50)67-39-20-37-64-62-35-18-33-58(73(62)81-75(64)67)54-27-11-4-12-28-54/h1-2,5-8,13-24,29-48,53-54H,3-4,9-12,25-28H2. The molecule has 5 nitrogen and oxygen atoms in total. The third-order valence-electron chi connectivity index (χ3n) is 18.0. The highest BCUT2D eigenvalue weighted by Gasteiger charge is 2.33. The van der Waals surface area contributed by atoms with Gasteiger partial charge >= 0.3 is 0 Å². The van der Waals surface area contributed by atoms with E-state index in [9.17, 15) is 0 Å². The molecule has 0 bridgehead atoms. The zero-order valence-electron chi connectivity index (χ0n) is 45.3. The van der Waals surface area contributed by atoms with E-state index in [0.717, 1.165) is 122 Å². The number of nitrogens with zero attached hydrogens (tertiary/aromatic N) is 2. The largest absolute Gasteiger partial charge is 0.454 e. The number of fused-ring (bicyclic) bond motifs is 10. The average Bonchev–Trinajstić information content (AvgIpc) is 3.40. The van der Waals surface area contributed by atoms with E-state index in [1.165, 1.54) is 86.5 Å². The van der Waals surface area contributed by atoms with Crippen molar-refractivity contribution in [3.05, 3.63) is 242 Å². The molecule has 0 atom stereocenters. The second kappa shape index (κ2) is 19.8. The molecule has 3 aromatic heterocycles. The first kappa shape index (κ1) is 47.7. The van der Waals surface area contributed by atoms with Crippen molar-refractivity contribution in [1.29, 1.82) is 0 Å². The average molecular weight is 1050 g/mol. The first-order valence-electron chi connectivity index (χ1n) is 29.4. The Hall–Kier alpha value is -9.32. The van der Waals surface area contributed by atoms with Crippen LogP contribution in [0.4, 0.5) is 34.1 Å². The lowest BCUT2D eigenvalue weighted by molar-refractivity contribution is 0.442. The normalized spacial score (nSPS) is 14.6. The maximum absolute atomic E-state index is 7.51. The monoisotopic (exact) mass is 1050 g/mol. The summed E-state index contributed by atoms with van der Waals surface area (Å²) in [6.45, 7) is 0. The molecule has 2 saturated carbocycles. The Morgan fingerprint density at radius 1 is 0.272 bits per heavy atom. The molecule has 0 radical (unpaired) electrons. The minimum atomic E-state index is 0.474. The van der Waals surface area contributed by atoms with Crippen LogP contribution in [0.5, 0.6) is 0 Å². The number of anilines is 6. The summed E-state index contributed by atoms with van der Waals surface area (Å²) in [5.74, 6) is 0.949. The summed E-state index contributed by atoms with van der Waals surface area (Å²) in [5.41, 5.74) is 18.4. The van der Waals surface area contributed by atoms with E-state index in [-0.39, 0.29) is 0 Å². The van der Waals surface area contributed by atoms with Gasteiger partial charge in [0, 0.05) is 49.1 Å². The fraction of sp³-hybridized carbons (Fsp3) is 0.158. The molecule has 5 heteroatoms. The Balaban J connectivity index is 0.996. The molecule has 392 valence electrons. The number of benzene rings is 11. The lowest BCUT2D eigenvalue weighted by Gasteiger charge is -2.31. The summed E-state index contributed by atoms with van der Waals surface area (Å²) < 4.78 is 22.3. The first-order chi connectivity index (χ1) is 40.2. The van der Waals surface area contributed by atoms with Gasteiger partial charge in [-0.15, -0.1) is 0 Å². The van der Waals surface area contributed by atoms with Gasteiger partial charge in [-0.1, -0.05) is 227 Å². The van der Waals surface area contributed by atoms with Crippen LogP contribution in [0.25, 0.3) is 98.8 Å². The molecule has 0 aliphatic heterocycles. The highest BCUT2D eigenvalue weighted by Crippen LogP contribution is 2.56. The summed E-state index contributed by atoms with van der Waals surface area (Å²) in [6.07, 6.45) is 12.4. The fourth-order valence-corrected chi connectivity index (χ4v) is 14.2. The van der Waals surface area contributed by atoms with Crippen molar-refractivity contribution in [2.24, 2.45) is 0 Å². The second-order valence-corrected chi connectivity index (χ2v) is 22.7. The van der Waals surface area contributed by atoms with Gasteiger partial charge in [-0.05, 0) is 113 Å². The van der Waals surface area contributed by atoms with Gasteiger partial charge in [0.25, 0.3) is 0 Å². The number of hydrogen-bond donors (Lipinski definition) is 0. The summed E-state index contributed by atoms with van der Waals surface area (Å²) >= 11 is 0. The maximum atomic E-state index is 7.51. The molecular formula is C76H60N2O3. The Morgan fingerprint density at radius 3 is 1.15 bits per heavy atom. The van der Waals surface area contributed by atoms with Crippen LogP contribution < -0.4 is 9.80 Å². The van der Waals surface area contributed by atoms with E-state index in [2.05, 4.69) is 240 Å². The van der Waals surface area contributed by atoms with Gasteiger partial charge in [0.05, 0.1) is 28.1 Å². The smallest absolute Gasteiger partial charge is 0.162 e. The molecule has 2 aliphatic carbocycles. The number of furan rings is 3. The Morgan fingerprint density at radius 2 is 0.654 bits per heavy atom. The van der Waals surface area contributed by atoms with Crippen molar-refractivity contribution in [3.63, 3.8) is 0 Å². The van der Waals surface area contributed by atoms with E-state index < -0.39 is 0 Å². The Bertz CT molecular complexity index is 4650. The predicted octanol–water partition coefficient (Wildman–Crippen LogP) is 22.9. The minimum absolute atomic E-state index is 0.474. The first-order valence-corrected chi connectivity index (χ1v) is 29.4. The number of hydrogen-bond acceptors (Lipinski definition) is 5. The Kier molecular flexibility index (Phi) is 11.6. The van der Waals surface area contributed by atoms with Gasteiger partial charge in [-0.3, -0.25) is 0 Å². The van der Waals surface area contributed by atoms with Crippen molar-refractivity contribution in [2.75, 3.05) is 9.80 Å². The van der Waals surface area contributed by atoms with Crippen molar-refractivity contribution in [2.45, 2.75) is 76.0 Å². The highest BCUT2D eigenvalue weighted by molar-refractivity contribution is 6.29. The molecule has 3 heterocycles. The van der Waals surface area contributed by atoms with Gasteiger partial charge in [-0.2, -0.15) is 0 Å². The summed E-state index contributed by atoms with van der Waals surface area (Å²) in [4.78, 5) is 4.88. The van der Waals surface area contributed by atoms with Crippen LogP contribution in [0, 0.1) is 0 Å². The van der Waals surface area contributed by atoms with Crippen molar-refractivity contribution >= 4 is 111 Å². The molecule has 0 N–H and O–H groups in total. The van der Waals surface area contributed by atoms with Crippen molar-refractivity contribution in [1.82, 2.24) is 0 Å². The van der Waals surface area contributed by atoms with E-state index in [1.807, 2.05) is 0 Å². The maximum Gasteiger partial charge on any atom is 0.162 e. The number of para-hydroxylation sites is 5. The van der Waals surface area contributed by atoms with E-state index in [0.29, 0.717) is 11.8 Å². The minimum Gasteiger partial charge on any atom is -0.454 e. The van der Waals surface area contributed by atoms with Gasteiger partial charge in [0.2, 0.25) is 0 Å². The quantitative estimate of drug-likeness (QED) is 0.128. The predicted molar refractivity (Wildman–Crippen MR) is 338 cm³/mol. The van der Waals surface area contributed by atoms with Crippen LogP contribution in [0.15, 0.2) is 244 Å². The number of rotatable bonds is 10. The topological polar surface area (TPSA) is 45.9 Å². The van der Waals surface area contributed by atoms with Gasteiger partial charge in [-0.25, -0.2) is 0 Å². The highest BCUT2D eigenvalue weighted by atomic mass is 16.3. The summed E-state index contributed by atoms with van der Waals surface area (Å²) in [5, 5.41) is 8.65. The zero-order chi connectivity index (χ0) is 53.4. The van der Waals surface area contributed by atoms with Crippen LogP contribution in [-0.2, 0) is 0 Å².